The molecule has 0 amide bonds. The minimum atomic E-state index is 0. The van der Waals surface area contributed by atoms with E-state index in [2.05, 4.69) is 30.1 Å². The van der Waals surface area contributed by atoms with E-state index < -0.39 is 0 Å². The Morgan fingerprint density at radius 2 is 1.90 bits per heavy atom. The minimum absolute atomic E-state index is 0. The van der Waals surface area contributed by atoms with Crippen molar-refractivity contribution in [2.45, 2.75) is 13.5 Å². The highest BCUT2D eigenvalue weighted by molar-refractivity contribution is 5.99. The normalized spacial score (nSPS) is 10.2. The van der Waals surface area contributed by atoms with E-state index in [-0.39, 0.29) is 18.2 Å². The summed E-state index contributed by atoms with van der Waals surface area (Å²) in [6, 6.07) is 12.1. The predicted molar refractivity (Wildman–Crippen MR) is 82.5 cm³/mol. The van der Waals surface area contributed by atoms with Crippen molar-refractivity contribution in [1.29, 1.82) is 0 Å². The molecule has 3 rings (SSSR count). The molecule has 0 aliphatic carbocycles. The van der Waals surface area contributed by atoms with E-state index in [0.717, 1.165) is 10.9 Å². The van der Waals surface area contributed by atoms with E-state index in [0.29, 0.717) is 6.54 Å². The van der Waals surface area contributed by atoms with Crippen LogP contribution >= 0.6 is 12.4 Å². The molecule has 0 aliphatic heterocycles. The average molecular weight is 287 g/mol. The van der Waals surface area contributed by atoms with Gasteiger partial charge in [0.15, 0.2) is 5.78 Å². The van der Waals surface area contributed by atoms with Gasteiger partial charge in [0.1, 0.15) is 0 Å². The van der Waals surface area contributed by atoms with Gasteiger partial charge in [-0.15, -0.1) is 12.4 Å². The first-order valence-electron chi connectivity index (χ1n) is 6.22. The molecule has 0 spiro atoms. The number of carbonyl (C=O) groups excluding carboxylic acids is 1. The van der Waals surface area contributed by atoms with Crippen LogP contribution in [0.5, 0.6) is 0 Å². The van der Waals surface area contributed by atoms with Crippen molar-refractivity contribution >= 4 is 29.0 Å². The minimum Gasteiger partial charge on any atom is -0.330 e. The summed E-state index contributed by atoms with van der Waals surface area (Å²) in [7, 11) is 0. The highest BCUT2D eigenvalue weighted by atomic mass is 35.5. The number of hydrogen-bond donors (Lipinski definition) is 0. The van der Waals surface area contributed by atoms with Crippen molar-refractivity contribution in [1.82, 2.24) is 9.55 Å². The zero-order chi connectivity index (χ0) is 13.2. The quantitative estimate of drug-likeness (QED) is 0.689. The van der Waals surface area contributed by atoms with Gasteiger partial charge in [0, 0.05) is 18.0 Å². The molecule has 0 aliphatic rings. The number of ketones is 1. The summed E-state index contributed by atoms with van der Waals surface area (Å²) in [5, 5.41) is 2.27. The number of aromatic nitrogens is 2. The Morgan fingerprint density at radius 3 is 2.65 bits per heavy atom. The summed E-state index contributed by atoms with van der Waals surface area (Å²) in [5.74, 6) is 0.0977. The van der Waals surface area contributed by atoms with Crippen LogP contribution < -0.4 is 0 Å². The topological polar surface area (TPSA) is 34.9 Å². The number of nitrogens with zero attached hydrogens (tertiary/aromatic N) is 2. The van der Waals surface area contributed by atoms with Crippen LogP contribution in [0.25, 0.3) is 10.8 Å². The van der Waals surface area contributed by atoms with Crippen molar-refractivity contribution in [3.05, 3.63) is 66.2 Å². The number of halogens is 1. The Labute approximate surface area is 123 Å². The third-order valence-electron chi connectivity index (χ3n) is 3.20. The largest absolute Gasteiger partial charge is 0.330 e. The maximum atomic E-state index is 12.2. The lowest BCUT2D eigenvalue weighted by Gasteiger charge is -2.05. The van der Waals surface area contributed by atoms with Gasteiger partial charge in [-0.3, -0.25) is 4.79 Å². The molecule has 1 heterocycles. The second-order valence-corrected chi connectivity index (χ2v) is 4.72. The van der Waals surface area contributed by atoms with Gasteiger partial charge in [0.05, 0.1) is 12.9 Å². The van der Waals surface area contributed by atoms with Gasteiger partial charge in [0.25, 0.3) is 0 Å². The van der Waals surface area contributed by atoms with Gasteiger partial charge in [-0.2, -0.15) is 0 Å². The van der Waals surface area contributed by atoms with Gasteiger partial charge in [-0.25, -0.2) is 4.98 Å². The SMILES string of the molecule is Cc1ccc2cc(C(=O)Cn3ccnc3)ccc2c1.Cl. The van der Waals surface area contributed by atoms with Crippen LogP contribution in [0.15, 0.2) is 55.1 Å². The molecule has 0 unspecified atom stereocenters. The number of fused-ring (bicyclic) bond motifs is 1. The van der Waals surface area contributed by atoms with Gasteiger partial charge >= 0.3 is 0 Å². The molecule has 3 nitrogen and oxygen atoms in total. The fourth-order valence-corrected chi connectivity index (χ4v) is 2.18. The number of aryl methyl sites for hydroxylation is 1. The van der Waals surface area contributed by atoms with E-state index >= 15 is 0 Å². The Bertz CT molecular complexity index is 735. The summed E-state index contributed by atoms with van der Waals surface area (Å²) in [4.78, 5) is 16.1. The summed E-state index contributed by atoms with van der Waals surface area (Å²) < 4.78 is 1.78. The van der Waals surface area contributed by atoms with Gasteiger partial charge in [-0.05, 0) is 23.8 Å². The van der Waals surface area contributed by atoms with Crippen molar-refractivity contribution < 1.29 is 4.79 Å². The van der Waals surface area contributed by atoms with Crippen LogP contribution in [0.4, 0.5) is 0 Å². The lowest BCUT2D eigenvalue weighted by molar-refractivity contribution is 0.0972. The first-order chi connectivity index (χ1) is 9.22. The molecule has 3 aromatic rings. The fourth-order valence-electron chi connectivity index (χ4n) is 2.18. The highest BCUT2D eigenvalue weighted by Crippen LogP contribution is 2.18. The lowest BCUT2D eigenvalue weighted by Crippen LogP contribution is -2.08. The number of Topliss-reactive ketones (excluding diaryl/α,β-unsaturated/α-hetero) is 1. The summed E-state index contributed by atoms with van der Waals surface area (Å²) >= 11 is 0. The second-order valence-electron chi connectivity index (χ2n) is 4.72. The monoisotopic (exact) mass is 286 g/mol. The first-order valence-corrected chi connectivity index (χ1v) is 6.22. The molecule has 0 fully saturated rings. The number of hydrogen-bond acceptors (Lipinski definition) is 2. The van der Waals surface area contributed by atoms with Gasteiger partial charge in [0.2, 0.25) is 0 Å². The zero-order valence-corrected chi connectivity index (χ0v) is 11.9. The van der Waals surface area contributed by atoms with Crippen LogP contribution in [0.3, 0.4) is 0 Å². The molecular formula is C16H15ClN2O. The lowest BCUT2D eigenvalue weighted by atomic mass is 10.0. The maximum Gasteiger partial charge on any atom is 0.182 e. The van der Waals surface area contributed by atoms with Crippen LogP contribution in [-0.4, -0.2) is 15.3 Å². The Balaban J connectivity index is 0.00000147. The zero-order valence-electron chi connectivity index (χ0n) is 11.1. The number of rotatable bonds is 3. The van der Waals surface area contributed by atoms with Crippen LogP contribution in [-0.2, 0) is 6.54 Å². The molecule has 2 aromatic carbocycles. The summed E-state index contributed by atoms with van der Waals surface area (Å²) in [5.41, 5.74) is 1.97. The van der Waals surface area contributed by atoms with Crippen LogP contribution in [0.1, 0.15) is 15.9 Å². The van der Waals surface area contributed by atoms with Crippen molar-refractivity contribution in [2.75, 3.05) is 0 Å². The highest BCUT2D eigenvalue weighted by Gasteiger charge is 2.07. The molecule has 20 heavy (non-hydrogen) atoms. The summed E-state index contributed by atoms with van der Waals surface area (Å²) in [6.45, 7) is 2.40. The fraction of sp³-hybridized carbons (Fsp3) is 0.125. The van der Waals surface area contributed by atoms with Crippen LogP contribution in [0.2, 0.25) is 0 Å². The van der Waals surface area contributed by atoms with Crippen LogP contribution in [0, 0.1) is 6.92 Å². The van der Waals surface area contributed by atoms with Gasteiger partial charge < -0.3 is 4.57 Å². The molecule has 0 saturated heterocycles. The number of imidazole rings is 1. The van der Waals surface area contributed by atoms with Crippen molar-refractivity contribution in [2.24, 2.45) is 0 Å². The Kier molecular flexibility index (Phi) is 4.20. The van der Waals surface area contributed by atoms with Crippen molar-refractivity contribution in [3.8, 4) is 0 Å². The maximum absolute atomic E-state index is 12.2. The first kappa shape index (κ1) is 14.3. The van der Waals surface area contributed by atoms with E-state index in [1.54, 1.807) is 23.3 Å². The average Bonchev–Trinajstić information content (AvgIpc) is 2.91. The smallest absolute Gasteiger partial charge is 0.182 e. The second kappa shape index (κ2) is 5.88. The molecule has 0 atom stereocenters. The predicted octanol–water partition coefficient (Wildman–Crippen LogP) is 3.65. The molecule has 102 valence electrons. The van der Waals surface area contributed by atoms with Gasteiger partial charge in [-0.1, -0.05) is 35.9 Å². The molecule has 4 heteroatoms. The molecule has 0 saturated carbocycles. The third-order valence-corrected chi connectivity index (χ3v) is 3.20. The standard InChI is InChI=1S/C16H14N2O.ClH/c1-12-2-3-14-9-15(5-4-13(14)8-12)16(19)10-18-7-6-17-11-18;/h2-9,11H,10H2,1H3;1H. The van der Waals surface area contributed by atoms with E-state index in [4.69, 9.17) is 0 Å². The molecule has 0 N–H and O–H groups in total. The van der Waals surface area contributed by atoms with E-state index in [9.17, 15) is 4.79 Å². The van der Waals surface area contributed by atoms with Crippen molar-refractivity contribution in [3.63, 3.8) is 0 Å². The third kappa shape index (κ3) is 2.89. The van der Waals surface area contributed by atoms with E-state index in [1.165, 1.54) is 10.9 Å². The number of benzene rings is 2. The Morgan fingerprint density at radius 1 is 1.15 bits per heavy atom. The molecule has 0 radical (unpaired) electrons. The summed E-state index contributed by atoms with van der Waals surface area (Å²) in [6.07, 6.45) is 5.13. The molecular weight excluding hydrogens is 272 g/mol. The van der Waals surface area contributed by atoms with E-state index in [1.807, 2.05) is 18.2 Å². The Hall–Kier alpha value is -2.13. The molecule has 1 aromatic heterocycles. The number of carbonyl (C=O) groups is 1. The molecule has 0 bridgehead atoms.